The van der Waals surface area contributed by atoms with Gasteiger partial charge in [0.2, 0.25) is 0 Å². The molecule has 3 aromatic rings. The zero-order valence-electron chi connectivity index (χ0n) is 24.8. The molecular weight excluding hydrogens is 626 g/mol. The Morgan fingerprint density at radius 1 is 0.545 bits per heavy atom. The van der Waals surface area contributed by atoms with Crippen molar-refractivity contribution in [1.29, 1.82) is 0 Å². The Balaban J connectivity index is 1.61. The van der Waals surface area contributed by atoms with Crippen LogP contribution in [0.4, 0.5) is 17.6 Å². The Bertz CT molecular complexity index is 1310. The fourth-order valence-corrected chi connectivity index (χ4v) is 7.07. The summed E-state index contributed by atoms with van der Waals surface area (Å²) in [6.07, 6.45) is 0. The number of alkyl halides is 4. The minimum Gasteiger partial charge on any atom is -0.489 e. The van der Waals surface area contributed by atoms with Gasteiger partial charge in [0.05, 0.1) is 26.4 Å². The third-order valence-corrected chi connectivity index (χ3v) is 10.4. The summed E-state index contributed by atoms with van der Waals surface area (Å²) in [5.41, 5.74) is -7.52. The lowest BCUT2D eigenvalue weighted by Crippen LogP contribution is -2.18. The van der Waals surface area contributed by atoms with Gasteiger partial charge in [0.1, 0.15) is 24.7 Å². The minimum atomic E-state index is -4.71. The molecule has 14 heteroatoms. The lowest BCUT2D eigenvalue weighted by Gasteiger charge is -2.26. The van der Waals surface area contributed by atoms with Crippen molar-refractivity contribution >= 4 is 15.2 Å². The first-order valence-corrected chi connectivity index (χ1v) is 17.0. The number of benzene rings is 3. The van der Waals surface area contributed by atoms with Crippen LogP contribution in [-0.4, -0.2) is 26.4 Å². The molecular formula is C30H36F4O8P2. The summed E-state index contributed by atoms with van der Waals surface area (Å²) >= 11 is 0. The second kappa shape index (κ2) is 15.5. The standard InChI is InChI=1S/C30H36F4O8P2/c1-5-39-43(35,40-6-2)29(31,32)25-16-12-23(13-17-25)21-37-27-10-9-11-28(20-27)38-22-24-14-18-26(19-15-24)30(33,34)44(36,41-7-3)42-8-4/h9-20H,5-8,21-22H2,1-4H3. The van der Waals surface area contributed by atoms with E-state index in [1.807, 2.05) is 0 Å². The molecule has 0 atom stereocenters. The average molecular weight is 663 g/mol. The Morgan fingerprint density at radius 2 is 0.864 bits per heavy atom. The maximum absolute atomic E-state index is 15.0. The smallest absolute Gasteiger partial charge is 0.404 e. The van der Waals surface area contributed by atoms with Crippen molar-refractivity contribution in [1.82, 2.24) is 0 Å². The Hall–Kier alpha value is -2.72. The molecule has 0 spiro atoms. The van der Waals surface area contributed by atoms with Crippen LogP contribution in [0.5, 0.6) is 11.5 Å². The highest BCUT2D eigenvalue weighted by atomic mass is 31.2. The largest absolute Gasteiger partial charge is 0.489 e. The molecule has 0 saturated heterocycles. The van der Waals surface area contributed by atoms with Crippen LogP contribution in [0.15, 0.2) is 72.8 Å². The highest BCUT2D eigenvalue weighted by Gasteiger charge is 2.55. The van der Waals surface area contributed by atoms with Gasteiger partial charge in [-0.15, -0.1) is 0 Å². The topological polar surface area (TPSA) is 89.5 Å². The van der Waals surface area contributed by atoms with Crippen LogP contribution in [0.2, 0.25) is 0 Å². The second-order valence-electron chi connectivity index (χ2n) is 9.19. The maximum Gasteiger partial charge on any atom is 0.404 e. The van der Waals surface area contributed by atoms with E-state index in [2.05, 4.69) is 0 Å². The molecule has 0 fully saturated rings. The molecule has 0 aliphatic heterocycles. The fourth-order valence-electron chi connectivity index (χ4n) is 3.98. The van der Waals surface area contributed by atoms with Crippen LogP contribution < -0.4 is 9.47 Å². The highest BCUT2D eigenvalue weighted by Crippen LogP contribution is 2.67. The quantitative estimate of drug-likeness (QED) is 0.0983. The Labute approximate surface area is 254 Å². The Kier molecular flexibility index (Phi) is 12.6. The zero-order chi connectivity index (χ0) is 32.4. The van der Waals surface area contributed by atoms with Crippen LogP contribution in [0.3, 0.4) is 0 Å². The molecule has 8 nitrogen and oxygen atoms in total. The van der Waals surface area contributed by atoms with Gasteiger partial charge in [0, 0.05) is 17.2 Å². The highest BCUT2D eigenvalue weighted by molar-refractivity contribution is 7.55. The number of ether oxygens (including phenoxy) is 2. The van der Waals surface area contributed by atoms with Gasteiger partial charge in [-0.05, 0) is 51.0 Å². The van der Waals surface area contributed by atoms with Crippen LogP contribution >= 0.6 is 15.2 Å². The monoisotopic (exact) mass is 662 g/mol. The SMILES string of the molecule is CCOP(=O)(OCC)C(F)(F)c1ccc(COc2cccc(OCc3ccc(C(F)(F)P(=O)(OCC)OCC)cc3)c2)cc1. The number of rotatable bonds is 18. The average Bonchev–Trinajstić information content (AvgIpc) is 3.00. The third kappa shape index (κ3) is 8.30. The third-order valence-electron chi connectivity index (χ3n) is 6.10. The fraction of sp³-hybridized carbons (Fsp3) is 0.400. The van der Waals surface area contributed by atoms with E-state index in [0.717, 1.165) is 24.3 Å². The van der Waals surface area contributed by atoms with E-state index >= 15 is 0 Å². The van der Waals surface area contributed by atoms with E-state index < -0.39 is 37.6 Å². The molecule has 0 saturated carbocycles. The van der Waals surface area contributed by atoms with Crippen LogP contribution in [0.1, 0.15) is 49.9 Å². The molecule has 0 radical (unpaired) electrons. The van der Waals surface area contributed by atoms with Gasteiger partial charge < -0.3 is 27.6 Å². The van der Waals surface area contributed by atoms with Crippen molar-refractivity contribution in [3.63, 3.8) is 0 Å². The van der Waals surface area contributed by atoms with Gasteiger partial charge in [-0.3, -0.25) is 9.13 Å². The van der Waals surface area contributed by atoms with Crippen LogP contribution in [0.25, 0.3) is 0 Å². The van der Waals surface area contributed by atoms with Gasteiger partial charge >= 0.3 is 26.5 Å². The van der Waals surface area contributed by atoms with Crippen LogP contribution in [-0.2, 0) is 51.8 Å². The summed E-state index contributed by atoms with van der Waals surface area (Å²) in [5.74, 6) is 0.873. The molecule has 44 heavy (non-hydrogen) atoms. The molecule has 242 valence electrons. The van der Waals surface area contributed by atoms with Gasteiger partial charge in [-0.25, -0.2) is 0 Å². The molecule has 3 rings (SSSR count). The molecule has 0 aliphatic rings. The van der Waals surface area contributed by atoms with Crippen LogP contribution in [0, 0.1) is 0 Å². The van der Waals surface area contributed by atoms with Gasteiger partial charge in [0.25, 0.3) is 0 Å². The second-order valence-corrected chi connectivity index (χ2v) is 13.3. The molecule has 0 amide bonds. The number of hydrogen-bond donors (Lipinski definition) is 0. The first-order chi connectivity index (χ1) is 20.9. The predicted molar refractivity (Wildman–Crippen MR) is 157 cm³/mol. The van der Waals surface area contributed by atoms with E-state index in [4.69, 9.17) is 27.6 Å². The molecule has 0 N–H and O–H groups in total. The molecule has 3 aromatic carbocycles. The lowest BCUT2D eigenvalue weighted by molar-refractivity contribution is 0.0360. The number of halogens is 4. The summed E-state index contributed by atoms with van der Waals surface area (Å²) in [7, 11) is -9.43. The van der Waals surface area contributed by atoms with Crippen molar-refractivity contribution in [2.75, 3.05) is 26.4 Å². The van der Waals surface area contributed by atoms with Gasteiger partial charge in [0.15, 0.2) is 0 Å². The van der Waals surface area contributed by atoms with E-state index in [1.165, 1.54) is 52.0 Å². The molecule has 0 unspecified atom stereocenters. The number of hydrogen-bond acceptors (Lipinski definition) is 8. The molecule has 0 heterocycles. The summed E-state index contributed by atoms with van der Waals surface area (Å²) < 4.78 is 116. The first-order valence-electron chi connectivity index (χ1n) is 13.9. The first kappa shape index (κ1) is 35.8. The normalized spacial score (nSPS) is 12.7. The van der Waals surface area contributed by atoms with E-state index in [9.17, 15) is 26.7 Å². The lowest BCUT2D eigenvalue weighted by atomic mass is 10.1. The summed E-state index contributed by atoms with van der Waals surface area (Å²) in [5, 5.41) is 0. The molecule has 0 aliphatic carbocycles. The van der Waals surface area contributed by atoms with Crippen molar-refractivity contribution in [3.05, 3.63) is 95.1 Å². The summed E-state index contributed by atoms with van der Waals surface area (Å²) in [6.45, 7) is 5.15. The van der Waals surface area contributed by atoms with E-state index in [-0.39, 0.29) is 39.6 Å². The van der Waals surface area contributed by atoms with E-state index in [1.54, 1.807) is 24.3 Å². The summed E-state index contributed by atoms with van der Waals surface area (Å²) in [4.78, 5) is 0. The maximum atomic E-state index is 15.0. The van der Waals surface area contributed by atoms with Crippen molar-refractivity contribution in [3.8, 4) is 11.5 Å². The molecule has 0 bridgehead atoms. The Morgan fingerprint density at radius 3 is 1.16 bits per heavy atom. The molecule has 0 aromatic heterocycles. The summed E-state index contributed by atoms with van der Waals surface area (Å²) in [6, 6.07) is 17.0. The van der Waals surface area contributed by atoms with Gasteiger partial charge in [-0.1, -0.05) is 54.6 Å². The van der Waals surface area contributed by atoms with Crippen molar-refractivity contribution in [2.45, 2.75) is 52.2 Å². The zero-order valence-corrected chi connectivity index (χ0v) is 26.6. The van der Waals surface area contributed by atoms with Gasteiger partial charge in [-0.2, -0.15) is 17.6 Å². The van der Waals surface area contributed by atoms with Crippen molar-refractivity contribution in [2.24, 2.45) is 0 Å². The van der Waals surface area contributed by atoms with Crippen molar-refractivity contribution < 1.29 is 54.3 Å². The predicted octanol–water partition coefficient (Wildman–Crippen LogP) is 9.48. The van der Waals surface area contributed by atoms with E-state index in [0.29, 0.717) is 22.6 Å². The minimum absolute atomic E-state index is 0.0485.